The standard InChI is InChI=1S/C12H11O/c1-9-3-4-12(10(2)7-9)11-5-6-13-8-11/h3-5,7-8H,1-2H3. The van der Waals surface area contributed by atoms with Crippen molar-refractivity contribution in [2.24, 2.45) is 0 Å². The normalized spacial score (nSPS) is 10.3. The van der Waals surface area contributed by atoms with Crippen LogP contribution >= 0.6 is 0 Å². The smallest absolute Gasteiger partial charge is 0.169 e. The van der Waals surface area contributed by atoms with Crippen LogP contribution < -0.4 is 0 Å². The summed E-state index contributed by atoms with van der Waals surface area (Å²) in [5.74, 6) is 0. The molecule has 0 bridgehead atoms. The molecule has 1 aromatic heterocycles. The van der Waals surface area contributed by atoms with Crippen molar-refractivity contribution in [3.8, 4) is 11.1 Å². The fourth-order valence-corrected chi connectivity index (χ4v) is 1.51. The maximum Gasteiger partial charge on any atom is 0.169 e. The highest BCUT2D eigenvalue weighted by atomic mass is 16.3. The van der Waals surface area contributed by atoms with Crippen molar-refractivity contribution in [3.63, 3.8) is 0 Å². The first kappa shape index (κ1) is 8.11. The van der Waals surface area contributed by atoms with Crippen LogP contribution in [0.25, 0.3) is 11.1 Å². The monoisotopic (exact) mass is 171 g/mol. The summed E-state index contributed by atoms with van der Waals surface area (Å²) in [6.45, 7) is 4.20. The van der Waals surface area contributed by atoms with Crippen LogP contribution in [0.3, 0.4) is 0 Å². The van der Waals surface area contributed by atoms with Crippen molar-refractivity contribution < 1.29 is 4.42 Å². The van der Waals surface area contributed by atoms with Crippen molar-refractivity contribution >= 4 is 0 Å². The Morgan fingerprint density at radius 3 is 2.69 bits per heavy atom. The van der Waals surface area contributed by atoms with Gasteiger partial charge in [0.2, 0.25) is 0 Å². The minimum atomic E-state index is 1.09. The van der Waals surface area contributed by atoms with Gasteiger partial charge in [-0.25, -0.2) is 0 Å². The van der Waals surface area contributed by atoms with E-state index in [9.17, 15) is 0 Å². The summed E-state index contributed by atoms with van der Waals surface area (Å²) in [5.41, 5.74) is 4.87. The van der Waals surface area contributed by atoms with Crippen LogP contribution in [-0.2, 0) is 0 Å². The molecular formula is C12H11O. The Hall–Kier alpha value is -1.50. The highest BCUT2D eigenvalue weighted by Crippen LogP contribution is 2.23. The first-order chi connectivity index (χ1) is 6.27. The molecule has 13 heavy (non-hydrogen) atoms. The van der Waals surface area contributed by atoms with E-state index < -0.39 is 0 Å². The van der Waals surface area contributed by atoms with Crippen LogP contribution in [-0.4, -0.2) is 0 Å². The van der Waals surface area contributed by atoms with E-state index in [1.165, 1.54) is 16.7 Å². The van der Waals surface area contributed by atoms with Crippen LogP contribution in [0.5, 0.6) is 0 Å². The minimum Gasteiger partial charge on any atom is -0.460 e. The van der Waals surface area contributed by atoms with E-state index in [1.807, 2.05) is 6.07 Å². The van der Waals surface area contributed by atoms with Gasteiger partial charge in [0.05, 0.1) is 6.26 Å². The maximum absolute atomic E-state index is 4.93. The van der Waals surface area contributed by atoms with E-state index in [2.05, 4.69) is 38.3 Å². The molecule has 1 nitrogen and oxygen atoms in total. The lowest BCUT2D eigenvalue weighted by Gasteiger charge is -2.03. The third-order valence-corrected chi connectivity index (χ3v) is 2.16. The first-order valence-corrected chi connectivity index (χ1v) is 4.29. The van der Waals surface area contributed by atoms with E-state index in [4.69, 9.17) is 4.42 Å². The number of furan rings is 1. The Balaban J connectivity index is 2.53. The van der Waals surface area contributed by atoms with Gasteiger partial charge in [-0.2, -0.15) is 0 Å². The summed E-state index contributed by atoms with van der Waals surface area (Å²) in [6, 6.07) is 8.25. The highest BCUT2D eigenvalue weighted by molar-refractivity contribution is 5.66. The second-order valence-electron chi connectivity index (χ2n) is 3.27. The quantitative estimate of drug-likeness (QED) is 0.641. The van der Waals surface area contributed by atoms with Crippen LogP contribution in [0.2, 0.25) is 0 Å². The van der Waals surface area contributed by atoms with E-state index in [0.29, 0.717) is 0 Å². The van der Waals surface area contributed by atoms with Crippen molar-refractivity contribution in [3.05, 3.63) is 47.9 Å². The summed E-state index contributed by atoms with van der Waals surface area (Å²) in [5, 5.41) is 0. The van der Waals surface area contributed by atoms with E-state index in [1.54, 1.807) is 6.26 Å². The zero-order valence-corrected chi connectivity index (χ0v) is 7.79. The van der Waals surface area contributed by atoms with E-state index in [0.717, 1.165) is 5.56 Å². The second kappa shape index (κ2) is 3.09. The molecule has 0 fully saturated rings. The molecule has 0 unspecified atom stereocenters. The molecule has 2 aromatic rings. The average molecular weight is 171 g/mol. The minimum absolute atomic E-state index is 1.09. The van der Waals surface area contributed by atoms with Gasteiger partial charge in [-0.05, 0) is 31.0 Å². The largest absolute Gasteiger partial charge is 0.460 e. The Morgan fingerprint density at radius 1 is 1.23 bits per heavy atom. The van der Waals surface area contributed by atoms with Gasteiger partial charge in [0.15, 0.2) is 6.26 Å². The lowest BCUT2D eigenvalue weighted by Crippen LogP contribution is -1.81. The zero-order valence-electron chi connectivity index (χ0n) is 7.79. The molecule has 0 atom stereocenters. The fourth-order valence-electron chi connectivity index (χ4n) is 1.51. The summed E-state index contributed by atoms with van der Waals surface area (Å²) < 4.78 is 4.93. The highest BCUT2D eigenvalue weighted by Gasteiger charge is 2.02. The average Bonchev–Trinajstić information content (AvgIpc) is 2.56. The number of hydrogen-bond donors (Lipinski definition) is 0. The molecule has 1 heterocycles. The molecule has 0 saturated heterocycles. The van der Waals surface area contributed by atoms with Gasteiger partial charge in [0, 0.05) is 5.56 Å². The van der Waals surface area contributed by atoms with Gasteiger partial charge in [-0.3, -0.25) is 0 Å². The molecule has 0 aliphatic rings. The molecule has 1 aromatic carbocycles. The Labute approximate surface area is 78.0 Å². The molecule has 65 valence electrons. The third kappa shape index (κ3) is 1.50. The maximum atomic E-state index is 4.93. The topological polar surface area (TPSA) is 13.1 Å². The van der Waals surface area contributed by atoms with Crippen molar-refractivity contribution in [2.45, 2.75) is 13.8 Å². The van der Waals surface area contributed by atoms with Gasteiger partial charge in [0.1, 0.15) is 0 Å². The lowest BCUT2D eigenvalue weighted by molar-refractivity contribution is 0.559. The number of benzene rings is 1. The molecule has 2 rings (SSSR count). The van der Waals surface area contributed by atoms with Gasteiger partial charge >= 0.3 is 0 Å². The number of hydrogen-bond acceptors (Lipinski definition) is 1. The van der Waals surface area contributed by atoms with Crippen LogP contribution in [0.15, 0.2) is 34.9 Å². The Bertz CT molecular complexity index is 399. The molecule has 0 amide bonds. The molecule has 0 aliphatic heterocycles. The van der Waals surface area contributed by atoms with Gasteiger partial charge in [0.25, 0.3) is 0 Å². The zero-order chi connectivity index (χ0) is 9.26. The molecular weight excluding hydrogens is 160 g/mol. The summed E-state index contributed by atoms with van der Waals surface area (Å²) in [6.07, 6.45) is 4.41. The second-order valence-corrected chi connectivity index (χ2v) is 3.27. The number of rotatable bonds is 1. The molecule has 0 spiro atoms. The molecule has 0 saturated carbocycles. The third-order valence-electron chi connectivity index (χ3n) is 2.16. The predicted molar refractivity (Wildman–Crippen MR) is 52.5 cm³/mol. The summed E-state index contributed by atoms with van der Waals surface area (Å²) in [4.78, 5) is 0. The van der Waals surface area contributed by atoms with Crippen LogP contribution in [0.1, 0.15) is 11.1 Å². The van der Waals surface area contributed by atoms with Crippen LogP contribution in [0.4, 0.5) is 0 Å². The Kier molecular flexibility index (Phi) is 1.93. The Morgan fingerprint density at radius 2 is 2.08 bits per heavy atom. The van der Waals surface area contributed by atoms with E-state index >= 15 is 0 Å². The van der Waals surface area contributed by atoms with E-state index in [-0.39, 0.29) is 0 Å². The molecule has 0 aliphatic carbocycles. The van der Waals surface area contributed by atoms with Gasteiger partial charge in [-0.1, -0.05) is 23.8 Å². The van der Waals surface area contributed by atoms with Crippen molar-refractivity contribution in [2.75, 3.05) is 0 Å². The lowest BCUT2D eigenvalue weighted by atomic mass is 10.0. The molecule has 1 radical (unpaired) electrons. The number of aryl methyl sites for hydroxylation is 2. The van der Waals surface area contributed by atoms with Crippen LogP contribution in [0, 0.1) is 20.1 Å². The van der Waals surface area contributed by atoms with Gasteiger partial charge < -0.3 is 4.42 Å². The predicted octanol–water partition coefficient (Wildman–Crippen LogP) is 3.36. The summed E-state index contributed by atoms with van der Waals surface area (Å²) >= 11 is 0. The molecule has 0 N–H and O–H groups in total. The SMILES string of the molecule is Cc1ccc(-c2c[c]oc2)c(C)c1. The van der Waals surface area contributed by atoms with Gasteiger partial charge in [-0.15, -0.1) is 0 Å². The fraction of sp³-hybridized carbons (Fsp3) is 0.167. The molecule has 1 heteroatoms. The van der Waals surface area contributed by atoms with Crippen molar-refractivity contribution in [1.29, 1.82) is 0 Å². The summed E-state index contributed by atoms with van der Waals surface area (Å²) in [7, 11) is 0. The van der Waals surface area contributed by atoms with Crippen molar-refractivity contribution in [1.82, 2.24) is 0 Å². The first-order valence-electron chi connectivity index (χ1n) is 4.29.